The zero-order valence-electron chi connectivity index (χ0n) is 22.8. The number of nitrogens with zero attached hydrogens (tertiary/aromatic N) is 3. The van der Waals surface area contributed by atoms with Crippen molar-refractivity contribution in [2.24, 2.45) is 5.92 Å². The summed E-state index contributed by atoms with van der Waals surface area (Å²) in [6, 6.07) is 16.2. The minimum Gasteiger partial charge on any atom is -0.464 e. The summed E-state index contributed by atoms with van der Waals surface area (Å²) < 4.78 is 32.5. The van der Waals surface area contributed by atoms with Crippen LogP contribution >= 0.6 is 0 Å². The van der Waals surface area contributed by atoms with E-state index in [0.717, 1.165) is 78.0 Å². The quantitative estimate of drug-likeness (QED) is 0.207. The van der Waals surface area contributed by atoms with Gasteiger partial charge in [0.05, 0.1) is 17.7 Å². The number of hydrogen-bond acceptors (Lipinski definition) is 4. The summed E-state index contributed by atoms with van der Waals surface area (Å²) in [5.41, 5.74) is 5.11. The van der Waals surface area contributed by atoms with Crippen molar-refractivity contribution in [2.75, 3.05) is 13.1 Å². The molecule has 4 heterocycles. The molecule has 6 rings (SSSR count). The van der Waals surface area contributed by atoms with E-state index < -0.39 is 0 Å². The molecule has 1 aliphatic heterocycles. The van der Waals surface area contributed by atoms with Gasteiger partial charge in [-0.2, -0.15) is 0 Å². The van der Waals surface area contributed by atoms with Crippen molar-refractivity contribution in [3.05, 3.63) is 96.1 Å². The summed E-state index contributed by atoms with van der Waals surface area (Å²) in [6.45, 7) is 1.57. The van der Waals surface area contributed by atoms with Crippen LogP contribution in [0.5, 0.6) is 0 Å². The van der Waals surface area contributed by atoms with Crippen LogP contribution in [0, 0.1) is 17.6 Å². The standard InChI is InChI=1S/C33H32F2N4O2/c34-25-9-5-23(6-10-25)32-29(37-33(38-32)24-7-11-26(35)12-8-24)2-1-3-31(40)39-19-15-22(16-20-39)4-13-28-27-17-21-41-30(27)14-18-36-28/h5-12,14,17-18,21-22H,1-4,13,15-16,19-20H2,(H,37,38). The Morgan fingerprint density at radius 3 is 2.37 bits per heavy atom. The maximum atomic E-state index is 13.6. The van der Waals surface area contributed by atoms with Crippen molar-refractivity contribution >= 4 is 16.9 Å². The second-order valence-corrected chi connectivity index (χ2v) is 10.7. The number of halogens is 2. The molecule has 5 aromatic rings. The highest BCUT2D eigenvalue weighted by Gasteiger charge is 2.23. The molecule has 1 fully saturated rings. The summed E-state index contributed by atoms with van der Waals surface area (Å²) in [5.74, 6) is 0.745. The minimum atomic E-state index is -0.314. The molecule has 0 unspecified atom stereocenters. The number of H-pyrrole nitrogens is 1. The number of fused-ring (bicyclic) bond motifs is 1. The van der Waals surface area contributed by atoms with Gasteiger partial charge >= 0.3 is 0 Å². The number of benzene rings is 2. The van der Waals surface area contributed by atoms with Gasteiger partial charge in [-0.1, -0.05) is 0 Å². The maximum absolute atomic E-state index is 13.6. The summed E-state index contributed by atoms with van der Waals surface area (Å²) in [6.07, 6.45) is 9.22. The number of piperidine rings is 1. The fourth-order valence-corrected chi connectivity index (χ4v) is 5.72. The first-order valence-corrected chi connectivity index (χ1v) is 14.2. The highest BCUT2D eigenvalue weighted by Crippen LogP contribution is 2.29. The molecule has 0 radical (unpaired) electrons. The predicted octanol–water partition coefficient (Wildman–Crippen LogP) is 7.36. The number of pyridine rings is 1. The number of aryl methyl sites for hydroxylation is 2. The van der Waals surface area contributed by atoms with Crippen molar-refractivity contribution < 1.29 is 18.0 Å². The molecule has 41 heavy (non-hydrogen) atoms. The normalized spacial score (nSPS) is 14.1. The zero-order valence-corrected chi connectivity index (χ0v) is 22.8. The number of amides is 1. The molecule has 210 valence electrons. The molecule has 1 saturated heterocycles. The molecule has 0 bridgehead atoms. The molecule has 2 aromatic carbocycles. The lowest BCUT2D eigenvalue weighted by molar-refractivity contribution is -0.132. The van der Waals surface area contributed by atoms with E-state index in [1.165, 1.54) is 24.3 Å². The van der Waals surface area contributed by atoms with Gasteiger partial charge in [-0.25, -0.2) is 13.8 Å². The van der Waals surface area contributed by atoms with Crippen LogP contribution in [0.3, 0.4) is 0 Å². The molecular weight excluding hydrogens is 522 g/mol. The second kappa shape index (κ2) is 12.0. The molecule has 6 nitrogen and oxygen atoms in total. The van der Waals surface area contributed by atoms with E-state index in [1.54, 1.807) is 36.7 Å². The van der Waals surface area contributed by atoms with Crippen molar-refractivity contribution in [3.8, 4) is 22.6 Å². The summed E-state index contributed by atoms with van der Waals surface area (Å²) in [4.78, 5) is 27.7. The van der Waals surface area contributed by atoms with Crippen molar-refractivity contribution in [3.63, 3.8) is 0 Å². The van der Waals surface area contributed by atoms with E-state index in [0.29, 0.717) is 31.0 Å². The number of carbonyl (C=O) groups is 1. The number of likely N-dealkylation sites (tertiary alicyclic amines) is 1. The molecule has 3 aromatic heterocycles. The lowest BCUT2D eigenvalue weighted by atomic mass is 9.91. The topological polar surface area (TPSA) is 75.0 Å². The number of imidazole rings is 1. The van der Waals surface area contributed by atoms with Crippen LogP contribution in [0.4, 0.5) is 8.78 Å². The fraction of sp³-hybridized carbons (Fsp3) is 0.303. The minimum absolute atomic E-state index is 0.176. The van der Waals surface area contributed by atoms with Crippen LogP contribution < -0.4 is 0 Å². The summed E-state index contributed by atoms with van der Waals surface area (Å²) in [7, 11) is 0. The Hall–Kier alpha value is -4.33. The van der Waals surface area contributed by atoms with Gasteiger partial charge < -0.3 is 14.3 Å². The van der Waals surface area contributed by atoms with Crippen molar-refractivity contribution in [1.29, 1.82) is 0 Å². The van der Waals surface area contributed by atoms with Gasteiger partial charge in [-0.15, -0.1) is 0 Å². The number of hydrogen-bond donors (Lipinski definition) is 1. The number of furan rings is 1. The van der Waals surface area contributed by atoms with Gasteiger partial charge in [0.15, 0.2) is 0 Å². The molecule has 0 atom stereocenters. The third-order valence-electron chi connectivity index (χ3n) is 8.05. The van der Waals surface area contributed by atoms with Crippen LogP contribution in [0.1, 0.15) is 43.5 Å². The van der Waals surface area contributed by atoms with Gasteiger partial charge in [-0.3, -0.25) is 9.78 Å². The lowest BCUT2D eigenvalue weighted by Crippen LogP contribution is -2.38. The molecule has 8 heteroatoms. The molecule has 0 spiro atoms. The molecule has 1 aliphatic rings. The van der Waals surface area contributed by atoms with Crippen LogP contribution in [0.15, 0.2) is 77.5 Å². The molecule has 1 N–H and O–H groups in total. The van der Waals surface area contributed by atoms with Gasteiger partial charge in [0.1, 0.15) is 23.0 Å². The van der Waals surface area contributed by atoms with Crippen LogP contribution in [0.2, 0.25) is 0 Å². The van der Waals surface area contributed by atoms with E-state index in [9.17, 15) is 13.6 Å². The fourth-order valence-electron chi connectivity index (χ4n) is 5.72. The first kappa shape index (κ1) is 26.9. The number of rotatable bonds is 9. The van der Waals surface area contributed by atoms with E-state index >= 15 is 0 Å². The Morgan fingerprint density at radius 1 is 0.927 bits per heavy atom. The maximum Gasteiger partial charge on any atom is 0.222 e. The Labute approximate surface area is 237 Å². The number of aromatic nitrogens is 3. The average molecular weight is 555 g/mol. The van der Waals surface area contributed by atoms with Crippen LogP contribution in [0.25, 0.3) is 33.6 Å². The zero-order chi connectivity index (χ0) is 28.2. The van der Waals surface area contributed by atoms with Crippen molar-refractivity contribution in [1.82, 2.24) is 19.9 Å². The second-order valence-electron chi connectivity index (χ2n) is 10.7. The van der Waals surface area contributed by atoms with Gasteiger partial charge in [-0.05, 0) is 105 Å². The van der Waals surface area contributed by atoms with Crippen molar-refractivity contribution in [2.45, 2.75) is 44.9 Å². The highest BCUT2D eigenvalue weighted by atomic mass is 19.1. The number of nitrogens with one attached hydrogen (secondary N) is 1. The van der Waals surface area contributed by atoms with E-state index in [4.69, 9.17) is 9.40 Å². The molecule has 1 amide bonds. The van der Waals surface area contributed by atoms with E-state index in [2.05, 4.69) is 9.97 Å². The van der Waals surface area contributed by atoms with E-state index in [-0.39, 0.29) is 17.5 Å². The predicted molar refractivity (Wildman–Crippen MR) is 154 cm³/mol. The Bertz CT molecular complexity index is 1620. The van der Waals surface area contributed by atoms with Gasteiger partial charge in [0.25, 0.3) is 0 Å². The molecular formula is C33H32F2N4O2. The van der Waals surface area contributed by atoms with E-state index in [1.807, 2.05) is 17.0 Å². The molecule has 0 aliphatic carbocycles. The van der Waals surface area contributed by atoms with Crippen LogP contribution in [-0.2, 0) is 17.6 Å². The highest BCUT2D eigenvalue weighted by molar-refractivity contribution is 5.79. The van der Waals surface area contributed by atoms with Gasteiger partial charge in [0, 0.05) is 47.9 Å². The SMILES string of the molecule is O=C(CCCc1[nH]c(-c2ccc(F)cc2)nc1-c1ccc(F)cc1)N1CCC(CCc2nccc3occc23)CC1. The first-order chi connectivity index (χ1) is 20.0. The monoisotopic (exact) mass is 554 g/mol. The lowest BCUT2D eigenvalue weighted by Gasteiger charge is -2.32. The van der Waals surface area contributed by atoms with Crippen LogP contribution in [-0.4, -0.2) is 38.8 Å². The average Bonchev–Trinajstić information content (AvgIpc) is 3.65. The Kier molecular flexibility index (Phi) is 7.89. The Balaban J connectivity index is 1.03. The number of aromatic amines is 1. The number of carbonyl (C=O) groups excluding carboxylic acids is 1. The van der Waals surface area contributed by atoms with Gasteiger partial charge in [0.2, 0.25) is 5.91 Å². The first-order valence-electron chi connectivity index (χ1n) is 14.2. The Morgan fingerprint density at radius 2 is 1.63 bits per heavy atom. The largest absolute Gasteiger partial charge is 0.464 e. The molecule has 0 saturated carbocycles. The third-order valence-corrected chi connectivity index (χ3v) is 8.05. The summed E-state index contributed by atoms with van der Waals surface area (Å²) in [5, 5.41) is 1.09. The summed E-state index contributed by atoms with van der Waals surface area (Å²) >= 11 is 0. The smallest absolute Gasteiger partial charge is 0.222 e. The third kappa shape index (κ3) is 6.21.